The fraction of sp³-hybridized carbons (Fsp3) is 0.400. The monoisotopic (exact) mass is 354 g/mol. The Balaban J connectivity index is 1.37. The maximum absolute atomic E-state index is 12.5. The van der Waals surface area contributed by atoms with Gasteiger partial charge in [0, 0.05) is 17.9 Å². The predicted molar refractivity (Wildman–Crippen MR) is 100.0 cm³/mol. The molecule has 2 N–H and O–H groups in total. The Bertz CT molecular complexity index is 776. The number of carbonyl (C=O) groups excluding carboxylic acids is 2. The van der Waals surface area contributed by atoms with Crippen LogP contribution < -0.4 is 10.6 Å². The largest absolute Gasteiger partial charge is 0.350 e. The maximum atomic E-state index is 12.5. The first-order chi connectivity index (χ1) is 12.2. The van der Waals surface area contributed by atoms with Gasteiger partial charge >= 0.3 is 0 Å². The van der Waals surface area contributed by atoms with Crippen LogP contribution in [-0.4, -0.2) is 18.4 Å². The zero-order valence-electron chi connectivity index (χ0n) is 14.1. The molecule has 0 aliphatic heterocycles. The SMILES string of the molecule is O=C(NCC1(c2ccccc2)CCC1)c1ccc(NC(=O)C2CC2)s1. The Kier molecular flexibility index (Phi) is 4.34. The van der Waals surface area contributed by atoms with Crippen LogP contribution in [0.1, 0.15) is 47.3 Å². The molecular weight excluding hydrogens is 332 g/mol. The van der Waals surface area contributed by atoms with Crippen LogP contribution in [0, 0.1) is 5.92 Å². The molecule has 2 aromatic rings. The molecule has 2 aliphatic carbocycles. The van der Waals surface area contributed by atoms with Crippen molar-refractivity contribution in [3.63, 3.8) is 0 Å². The summed E-state index contributed by atoms with van der Waals surface area (Å²) in [6.45, 7) is 0.664. The minimum Gasteiger partial charge on any atom is -0.350 e. The van der Waals surface area contributed by atoms with Gasteiger partial charge in [0.15, 0.2) is 0 Å². The van der Waals surface area contributed by atoms with E-state index >= 15 is 0 Å². The van der Waals surface area contributed by atoms with Crippen molar-refractivity contribution < 1.29 is 9.59 Å². The normalized spacial score (nSPS) is 18.2. The molecule has 1 aromatic carbocycles. The molecule has 2 aliphatic rings. The van der Waals surface area contributed by atoms with Gasteiger partial charge in [0.1, 0.15) is 0 Å². The van der Waals surface area contributed by atoms with Crippen LogP contribution in [0.2, 0.25) is 0 Å². The summed E-state index contributed by atoms with van der Waals surface area (Å²) in [5.41, 5.74) is 1.39. The van der Waals surface area contributed by atoms with Gasteiger partial charge in [0.25, 0.3) is 5.91 Å². The number of anilines is 1. The first-order valence-corrected chi connectivity index (χ1v) is 9.72. The van der Waals surface area contributed by atoms with E-state index in [0.717, 1.165) is 30.7 Å². The fourth-order valence-corrected chi connectivity index (χ4v) is 4.22. The van der Waals surface area contributed by atoms with Crippen LogP contribution in [0.25, 0.3) is 0 Å². The van der Waals surface area contributed by atoms with Crippen molar-refractivity contribution >= 4 is 28.2 Å². The highest BCUT2D eigenvalue weighted by atomic mass is 32.1. The number of nitrogens with one attached hydrogen (secondary N) is 2. The Morgan fingerprint density at radius 2 is 1.84 bits per heavy atom. The second kappa shape index (κ2) is 6.64. The second-order valence-electron chi connectivity index (χ2n) is 7.11. The van der Waals surface area contributed by atoms with E-state index in [9.17, 15) is 9.59 Å². The van der Waals surface area contributed by atoms with E-state index in [1.807, 2.05) is 12.1 Å². The second-order valence-corrected chi connectivity index (χ2v) is 8.19. The maximum Gasteiger partial charge on any atom is 0.261 e. The van der Waals surface area contributed by atoms with E-state index in [-0.39, 0.29) is 23.1 Å². The van der Waals surface area contributed by atoms with E-state index < -0.39 is 0 Å². The lowest BCUT2D eigenvalue weighted by molar-refractivity contribution is -0.117. The minimum atomic E-state index is -0.0564. The molecule has 4 nitrogen and oxygen atoms in total. The summed E-state index contributed by atoms with van der Waals surface area (Å²) in [5, 5.41) is 6.75. The fourth-order valence-electron chi connectivity index (χ4n) is 3.40. The average molecular weight is 354 g/mol. The van der Waals surface area contributed by atoms with Crippen molar-refractivity contribution in [3.05, 3.63) is 52.9 Å². The van der Waals surface area contributed by atoms with Gasteiger partial charge in [-0.2, -0.15) is 0 Å². The molecule has 2 saturated carbocycles. The molecule has 25 heavy (non-hydrogen) atoms. The third-order valence-electron chi connectivity index (χ3n) is 5.31. The molecule has 5 heteroatoms. The van der Waals surface area contributed by atoms with Crippen LogP contribution in [0.4, 0.5) is 5.00 Å². The van der Waals surface area contributed by atoms with Crippen LogP contribution >= 0.6 is 11.3 Å². The Hall–Kier alpha value is -2.14. The zero-order chi connectivity index (χ0) is 17.3. The van der Waals surface area contributed by atoms with Crippen LogP contribution in [0.3, 0.4) is 0 Å². The summed E-state index contributed by atoms with van der Waals surface area (Å²) in [7, 11) is 0. The van der Waals surface area contributed by atoms with Crippen LogP contribution in [0.15, 0.2) is 42.5 Å². The van der Waals surface area contributed by atoms with Gasteiger partial charge in [-0.15, -0.1) is 11.3 Å². The summed E-state index contributed by atoms with van der Waals surface area (Å²) >= 11 is 1.34. The smallest absolute Gasteiger partial charge is 0.261 e. The number of carbonyl (C=O) groups is 2. The van der Waals surface area contributed by atoms with Crippen LogP contribution in [0.5, 0.6) is 0 Å². The summed E-state index contributed by atoms with van der Waals surface area (Å²) in [6, 6.07) is 14.1. The molecule has 1 aromatic heterocycles. The van der Waals surface area contributed by atoms with Gasteiger partial charge in [-0.1, -0.05) is 36.8 Å². The van der Waals surface area contributed by atoms with Gasteiger partial charge in [-0.3, -0.25) is 9.59 Å². The Morgan fingerprint density at radius 1 is 1.08 bits per heavy atom. The predicted octanol–water partition coefficient (Wildman–Crippen LogP) is 3.95. The molecule has 0 atom stereocenters. The molecule has 130 valence electrons. The molecule has 0 radical (unpaired) electrons. The van der Waals surface area contributed by atoms with E-state index in [4.69, 9.17) is 0 Å². The lowest BCUT2D eigenvalue weighted by Crippen LogP contribution is -2.45. The average Bonchev–Trinajstić information content (AvgIpc) is 3.35. The highest BCUT2D eigenvalue weighted by Gasteiger charge is 2.38. The summed E-state index contributed by atoms with van der Waals surface area (Å²) in [4.78, 5) is 25.0. The molecule has 4 rings (SSSR count). The van der Waals surface area contributed by atoms with Gasteiger partial charge in [-0.05, 0) is 43.4 Å². The van der Waals surface area contributed by atoms with Crippen molar-refractivity contribution in [2.45, 2.75) is 37.5 Å². The molecule has 2 fully saturated rings. The minimum absolute atomic E-state index is 0.0564. The lowest BCUT2D eigenvalue weighted by Gasteiger charge is -2.42. The van der Waals surface area contributed by atoms with Crippen molar-refractivity contribution in [2.24, 2.45) is 5.92 Å². The van der Waals surface area contributed by atoms with E-state index in [0.29, 0.717) is 11.4 Å². The molecule has 0 saturated heterocycles. The van der Waals surface area contributed by atoms with Crippen molar-refractivity contribution in [1.29, 1.82) is 0 Å². The highest BCUT2D eigenvalue weighted by molar-refractivity contribution is 7.18. The number of rotatable bonds is 6. The zero-order valence-corrected chi connectivity index (χ0v) is 14.9. The quantitative estimate of drug-likeness (QED) is 0.825. The number of thiophene rings is 1. The van der Waals surface area contributed by atoms with Crippen LogP contribution in [-0.2, 0) is 10.2 Å². The molecule has 0 unspecified atom stereocenters. The van der Waals surface area contributed by atoms with Crippen molar-refractivity contribution in [3.8, 4) is 0 Å². The van der Waals surface area contributed by atoms with E-state index in [1.54, 1.807) is 6.07 Å². The summed E-state index contributed by atoms with van der Waals surface area (Å²) in [5.74, 6) is 0.189. The van der Waals surface area contributed by atoms with E-state index in [1.165, 1.54) is 23.3 Å². The van der Waals surface area contributed by atoms with Gasteiger partial charge in [0.2, 0.25) is 5.91 Å². The third-order valence-corrected chi connectivity index (χ3v) is 6.31. The van der Waals surface area contributed by atoms with Gasteiger partial charge in [0.05, 0.1) is 9.88 Å². The lowest BCUT2D eigenvalue weighted by atomic mass is 9.64. The Morgan fingerprint density at radius 3 is 2.48 bits per heavy atom. The molecule has 2 amide bonds. The molecule has 1 heterocycles. The number of hydrogen-bond donors (Lipinski definition) is 2. The van der Waals surface area contributed by atoms with E-state index in [2.05, 4.69) is 34.9 Å². The van der Waals surface area contributed by atoms with Gasteiger partial charge < -0.3 is 10.6 Å². The summed E-state index contributed by atoms with van der Waals surface area (Å²) in [6.07, 6.45) is 5.40. The number of amides is 2. The molecule has 0 spiro atoms. The molecular formula is C20H22N2O2S. The highest BCUT2D eigenvalue weighted by Crippen LogP contribution is 2.43. The standard InChI is InChI=1S/C20H22N2O2S/c23-18(14-7-8-14)22-17-10-9-16(25-17)19(24)21-13-20(11-4-12-20)15-5-2-1-3-6-15/h1-3,5-6,9-10,14H,4,7-8,11-13H2,(H,21,24)(H,22,23). The third kappa shape index (κ3) is 3.47. The topological polar surface area (TPSA) is 58.2 Å². The summed E-state index contributed by atoms with van der Waals surface area (Å²) < 4.78 is 0. The number of hydrogen-bond acceptors (Lipinski definition) is 3. The molecule has 0 bridgehead atoms. The number of benzene rings is 1. The van der Waals surface area contributed by atoms with Crippen molar-refractivity contribution in [1.82, 2.24) is 5.32 Å². The first kappa shape index (κ1) is 16.3. The Labute approximate surface area is 151 Å². The van der Waals surface area contributed by atoms with Gasteiger partial charge in [-0.25, -0.2) is 0 Å². The van der Waals surface area contributed by atoms with Crippen molar-refractivity contribution in [2.75, 3.05) is 11.9 Å². The first-order valence-electron chi connectivity index (χ1n) is 8.91.